The van der Waals surface area contributed by atoms with Gasteiger partial charge in [-0.05, 0) is 32.1 Å². The largest absolute Gasteiger partial charge is 0.394 e. The van der Waals surface area contributed by atoms with Crippen LogP contribution in [0.2, 0.25) is 0 Å². The number of ether oxygens (including phenoxy) is 4. The number of aliphatic hydroxyl groups is 5. The highest BCUT2D eigenvalue weighted by Crippen LogP contribution is 2.22. The minimum Gasteiger partial charge on any atom is -0.394 e. The van der Waals surface area contributed by atoms with Gasteiger partial charge in [0.05, 0.1) is 19.8 Å². The van der Waals surface area contributed by atoms with E-state index in [0.717, 1.165) is 11.5 Å². The standard InChI is InChI=1S/C27H46N2O14/c1-28(20(33)9-4-13-30)43-22(35)10-3-2-8-21(34)29(12-16-41-26-18(32)7-5-14-39-26)11-6-15-40-27-25(38)24(37)23(36)19(17-31)42-27/h13,18-19,23-27,31-32,36-38H,2-12,14-17H2,1H3/t18?,19?,23-,24?,25?,26?,27+/m1/s1. The molecule has 0 aliphatic carbocycles. The molecule has 2 aliphatic rings. The van der Waals surface area contributed by atoms with Gasteiger partial charge in [0.1, 0.15) is 36.8 Å². The average molecular weight is 623 g/mol. The SMILES string of the molecule is CN(OC(=O)CCCCC(=O)N(CCCO[C@H]1OC(CO)[C@@H](O)C(O)C1O)CCOC1OCCCC1O)C(=O)CCC=O. The summed E-state index contributed by atoms with van der Waals surface area (Å²) in [6.45, 7) is 0.399. The van der Waals surface area contributed by atoms with Gasteiger partial charge in [-0.3, -0.25) is 9.59 Å². The highest BCUT2D eigenvalue weighted by molar-refractivity contribution is 5.79. The van der Waals surface area contributed by atoms with E-state index in [-0.39, 0.29) is 57.9 Å². The molecule has 0 aromatic carbocycles. The molecule has 0 bridgehead atoms. The maximum absolute atomic E-state index is 13.0. The molecule has 43 heavy (non-hydrogen) atoms. The predicted molar refractivity (Wildman–Crippen MR) is 144 cm³/mol. The van der Waals surface area contributed by atoms with E-state index in [1.807, 2.05) is 0 Å². The van der Waals surface area contributed by atoms with Crippen molar-refractivity contribution in [1.82, 2.24) is 9.96 Å². The lowest BCUT2D eigenvalue weighted by atomic mass is 9.99. The summed E-state index contributed by atoms with van der Waals surface area (Å²) in [6, 6.07) is 0. The molecule has 16 heteroatoms. The monoisotopic (exact) mass is 622 g/mol. The lowest BCUT2D eigenvalue weighted by molar-refractivity contribution is -0.301. The second-order valence-corrected chi connectivity index (χ2v) is 10.4. The van der Waals surface area contributed by atoms with Gasteiger partial charge in [-0.25, -0.2) is 4.79 Å². The Morgan fingerprint density at radius 3 is 2.30 bits per heavy atom. The third kappa shape index (κ3) is 12.7. The number of nitrogens with zero attached hydrogens (tertiary/aromatic N) is 2. The van der Waals surface area contributed by atoms with Crippen molar-refractivity contribution in [2.75, 3.05) is 46.6 Å². The first kappa shape index (κ1) is 36.9. The van der Waals surface area contributed by atoms with Gasteiger partial charge in [0, 0.05) is 52.4 Å². The third-order valence-corrected chi connectivity index (χ3v) is 7.03. The zero-order valence-corrected chi connectivity index (χ0v) is 24.5. The summed E-state index contributed by atoms with van der Waals surface area (Å²) in [7, 11) is 1.28. The van der Waals surface area contributed by atoms with Crippen molar-refractivity contribution in [3.05, 3.63) is 0 Å². The van der Waals surface area contributed by atoms with E-state index < -0.39 is 61.6 Å². The molecule has 248 valence electrons. The summed E-state index contributed by atoms with van der Waals surface area (Å²) in [5.74, 6) is -1.37. The van der Waals surface area contributed by atoms with Crippen molar-refractivity contribution in [2.24, 2.45) is 0 Å². The molecule has 0 aromatic rings. The number of hydrogen-bond donors (Lipinski definition) is 5. The Bertz CT molecular complexity index is 862. The Hall–Kier alpha value is -2.28. The summed E-state index contributed by atoms with van der Waals surface area (Å²) in [6.07, 6.45) is -5.62. The molecular formula is C27H46N2O14. The van der Waals surface area contributed by atoms with E-state index in [0.29, 0.717) is 38.6 Å². The summed E-state index contributed by atoms with van der Waals surface area (Å²) in [5.41, 5.74) is 0. The van der Waals surface area contributed by atoms with Gasteiger partial charge >= 0.3 is 5.97 Å². The van der Waals surface area contributed by atoms with E-state index in [2.05, 4.69) is 0 Å². The van der Waals surface area contributed by atoms with Crippen LogP contribution in [0.3, 0.4) is 0 Å². The quantitative estimate of drug-likeness (QED) is 0.0633. The molecule has 5 unspecified atom stereocenters. The second kappa shape index (κ2) is 19.9. The first-order chi connectivity index (χ1) is 20.6. The maximum Gasteiger partial charge on any atom is 0.332 e. The van der Waals surface area contributed by atoms with Crippen LogP contribution >= 0.6 is 0 Å². The van der Waals surface area contributed by atoms with E-state index in [1.54, 1.807) is 0 Å². The van der Waals surface area contributed by atoms with Crippen LogP contribution in [0.5, 0.6) is 0 Å². The number of aldehydes is 1. The number of carbonyl (C=O) groups is 4. The first-order valence-electron chi connectivity index (χ1n) is 14.6. The van der Waals surface area contributed by atoms with Crippen molar-refractivity contribution in [3.63, 3.8) is 0 Å². The number of carbonyl (C=O) groups excluding carboxylic acids is 4. The van der Waals surface area contributed by atoms with Gasteiger partial charge < -0.3 is 59.0 Å². The molecule has 2 aliphatic heterocycles. The van der Waals surface area contributed by atoms with E-state index >= 15 is 0 Å². The van der Waals surface area contributed by atoms with Crippen molar-refractivity contribution < 1.29 is 68.5 Å². The second-order valence-electron chi connectivity index (χ2n) is 10.4. The van der Waals surface area contributed by atoms with Gasteiger partial charge in [0.2, 0.25) is 5.91 Å². The van der Waals surface area contributed by atoms with Crippen molar-refractivity contribution in [1.29, 1.82) is 0 Å². The molecular weight excluding hydrogens is 576 g/mol. The normalized spacial score (nSPS) is 27.3. The number of aliphatic hydroxyl groups excluding tert-OH is 5. The molecule has 5 N–H and O–H groups in total. The Kier molecular flexibility index (Phi) is 17.1. The zero-order valence-electron chi connectivity index (χ0n) is 24.5. The number of hydrogen-bond acceptors (Lipinski definition) is 14. The molecule has 2 saturated heterocycles. The Morgan fingerprint density at radius 2 is 1.60 bits per heavy atom. The highest BCUT2D eigenvalue weighted by atomic mass is 16.7. The lowest BCUT2D eigenvalue weighted by Crippen LogP contribution is -2.59. The fourth-order valence-electron chi connectivity index (χ4n) is 4.49. The molecule has 0 radical (unpaired) electrons. The van der Waals surface area contributed by atoms with E-state index in [1.165, 1.54) is 11.9 Å². The zero-order chi connectivity index (χ0) is 31.8. The molecule has 0 spiro atoms. The summed E-state index contributed by atoms with van der Waals surface area (Å²) in [5, 5.41) is 50.1. The topological polar surface area (TPSA) is 222 Å². The molecule has 2 heterocycles. The lowest BCUT2D eigenvalue weighted by Gasteiger charge is -2.39. The third-order valence-electron chi connectivity index (χ3n) is 7.03. The van der Waals surface area contributed by atoms with Gasteiger partial charge in [-0.15, -0.1) is 0 Å². The molecule has 16 nitrogen and oxygen atoms in total. The minimum absolute atomic E-state index is 0.0166. The van der Waals surface area contributed by atoms with Crippen LogP contribution in [0.15, 0.2) is 0 Å². The van der Waals surface area contributed by atoms with Gasteiger partial charge in [0.15, 0.2) is 12.6 Å². The summed E-state index contributed by atoms with van der Waals surface area (Å²) >= 11 is 0. The van der Waals surface area contributed by atoms with Crippen molar-refractivity contribution in [3.8, 4) is 0 Å². The van der Waals surface area contributed by atoms with Crippen LogP contribution in [0, 0.1) is 0 Å². The number of amides is 2. The van der Waals surface area contributed by atoms with Crippen LogP contribution in [-0.2, 0) is 43.0 Å². The smallest absolute Gasteiger partial charge is 0.332 e. The van der Waals surface area contributed by atoms with Crippen molar-refractivity contribution in [2.45, 2.75) is 101 Å². The van der Waals surface area contributed by atoms with Crippen LogP contribution in [0.25, 0.3) is 0 Å². The average Bonchev–Trinajstić information content (AvgIpc) is 2.99. The maximum atomic E-state index is 13.0. The Balaban J connectivity index is 1.81. The highest BCUT2D eigenvalue weighted by Gasteiger charge is 2.44. The summed E-state index contributed by atoms with van der Waals surface area (Å²) < 4.78 is 21.9. The molecule has 0 saturated carbocycles. The first-order valence-corrected chi connectivity index (χ1v) is 14.6. The van der Waals surface area contributed by atoms with Crippen LogP contribution in [0.1, 0.15) is 57.8 Å². The number of hydroxylamine groups is 2. The van der Waals surface area contributed by atoms with E-state index in [4.69, 9.17) is 23.8 Å². The molecule has 2 fully saturated rings. The molecule has 2 rings (SSSR count). The predicted octanol–water partition coefficient (Wildman–Crippen LogP) is -2.01. The van der Waals surface area contributed by atoms with E-state index in [9.17, 15) is 44.7 Å². The molecule has 0 aromatic heterocycles. The minimum atomic E-state index is -1.57. The molecule has 7 atom stereocenters. The molecule has 2 amide bonds. The van der Waals surface area contributed by atoms with Gasteiger partial charge in [-0.1, -0.05) is 0 Å². The fourth-order valence-corrected chi connectivity index (χ4v) is 4.49. The number of rotatable bonds is 18. The van der Waals surface area contributed by atoms with Crippen LogP contribution in [-0.4, -0.2) is 149 Å². The van der Waals surface area contributed by atoms with Gasteiger partial charge in [0.25, 0.3) is 5.91 Å². The Labute approximate surface area is 250 Å². The summed E-state index contributed by atoms with van der Waals surface area (Å²) in [4.78, 5) is 53.6. The van der Waals surface area contributed by atoms with Crippen LogP contribution in [0.4, 0.5) is 0 Å². The van der Waals surface area contributed by atoms with Crippen LogP contribution < -0.4 is 0 Å². The Morgan fingerprint density at radius 1 is 0.884 bits per heavy atom. The fraction of sp³-hybridized carbons (Fsp3) is 0.852. The van der Waals surface area contributed by atoms with Crippen molar-refractivity contribution >= 4 is 24.1 Å². The van der Waals surface area contributed by atoms with Gasteiger partial charge in [-0.2, -0.15) is 5.06 Å². The number of unbranched alkanes of at least 4 members (excludes halogenated alkanes) is 1.